The first-order chi connectivity index (χ1) is 7.33. The molecule has 1 aromatic carbocycles. The fourth-order valence-corrected chi connectivity index (χ4v) is 2.63. The Bertz CT molecular complexity index is 262. The van der Waals surface area contributed by atoms with Crippen LogP contribution in [0.2, 0.25) is 0 Å². The second-order valence-electron chi connectivity index (χ2n) is 3.03. The number of benzene rings is 1. The Hall–Kier alpha value is -0.160. The van der Waals surface area contributed by atoms with Gasteiger partial charge in [0.2, 0.25) is 0 Å². The maximum Gasteiger partial charge on any atom is 0.103 e. The van der Waals surface area contributed by atoms with E-state index in [0.29, 0.717) is 19.2 Å². The summed E-state index contributed by atoms with van der Waals surface area (Å²) in [7, 11) is 5.12. The molecule has 0 aliphatic carbocycles. The van der Waals surface area contributed by atoms with Crippen LogP contribution in [-0.4, -0.2) is 26.3 Å². The molecule has 1 rings (SSSR count). The van der Waals surface area contributed by atoms with Gasteiger partial charge in [-0.05, 0) is 19.1 Å². The first kappa shape index (κ1) is 12.9. The maximum absolute atomic E-state index is 5.34. The van der Waals surface area contributed by atoms with Gasteiger partial charge in [-0.2, -0.15) is 0 Å². The van der Waals surface area contributed by atoms with Crippen LogP contribution < -0.4 is 0 Å². The summed E-state index contributed by atoms with van der Waals surface area (Å²) in [6, 6.07) is 8.49. The minimum Gasteiger partial charge on any atom is -0.382 e. The van der Waals surface area contributed by atoms with Gasteiger partial charge in [0, 0.05) is 12.0 Å². The molecule has 1 aromatic rings. The van der Waals surface area contributed by atoms with Gasteiger partial charge in [0.25, 0.3) is 0 Å². The molecule has 0 fully saturated rings. The second-order valence-corrected chi connectivity index (χ2v) is 5.35. The fourth-order valence-electron chi connectivity index (χ4n) is 0.921. The highest BCUT2D eigenvalue weighted by Gasteiger charge is 1.94. The van der Waals surface area contributed by atoms with E-state index in [-0.39, 0.29) is 0 Å². The van der Waals surface area contributed by atoms with Crippen LogP contribution >= 0.6 is 21.6 Å². The molecule has 0 unspecified atom stereocenters. The lowest BCUT2D eigenvalue weighted by molar-refractivity contribution is 0.0957. The number of hydrogen-bond donors (Lipinski definition) is 0. The van der Waals surface area contributed by atoms with E-state index < -0.39 is 0 Å². The molecule has 0 N–H and O–H groups in total. The number of hydrogen-bond acceptors (Lipinski definition) is 4. The molecule has 0 atom stereocenters. The van der Waals surface area contributed by atoms with Crippen LogP contribution in [0.5, 0.6) is 0 Å². The average Bonchev–Trinajstić information content (AvgIpc) is 2.26. The van der Waals surface area contributed by atoms with E-state index in [0.717, 1.165) is 0 Å². The second kappa shape index (κ2) is 8.05. The molecule has 0 bridgehead atoms. The van der Waals surface area contributed by atoms with Crippen LogP contribution in [0, 0.1) is 6.92 Å². The Kier molecular flexibility index (Phi) is 6.92. The van der Waals surface area contributed by atoms with Crippen molar-refractivity contribution in [1.29, 1.82) is 0 Å². The van der Waals surface area contributed by atoms with E-state index in [9.17, 15) is 0 Å². The van der Waals surface area contributed by atoms with E-state index in [1.807, 2.05) is 0 Å². The lowest BCUT2D eigenvalue weighted by atomic mass is 10.2. The molecule has 0 aromatic heterocycles. The molecule has 84 valence electrons. The monoisotopic (exact) mass is 244 g/mol. The van der Waals surface area contributed by atoms with Gasteiger partial charge in [0.05, 0.1) is 13.2 Å². The van der Waals surface area contributed by atoms with E-state index >= 15 is 0 Å². The fraction of sp³-hybridized carbons (Fsp3) is 0.455. The van der Waals surface area contributed by atoms with Crippen LogP contribution in [0.25, 0.3) is 0 Å². The summed E-state index contributed by atoms with van der Waals surface area (Å²) in [6.07, 6.45) is 0. The van der Waals surface area contributed by atoms with Crippen LogP contribution in [-0.2, 0) is 9.47 Å². The average molecular weight is 244 g/mol. The van der Waals surface area contributed by atoms with Crippen molar-refractivity contribution in [2.75, 3.05) is 26.3 Å². The molecule has 0 saturated heterocycles. The molecule has 0 aliphatic rings. The minimum absolute atomic E-state index is 0.662. The lowest BCUT2D eigenvalue weighted by Gasteiger charge is -2.03. The van der Waals surface area contributed by atoms with Gasteiger partial charge in [-0.25, -0.2) is 0 Å². The number of rotatable bonds is 7. The van der Waals surface area contributed by atoms with Crippen LogP contribution in [0.3, 0.4) is 0 Å². The van der Waals surface area contributed by atoms with Crippen molar-refractivity contribution in [3.63, 3.8) is 0 Å². The number of aryl methyl sites for hydroxylation is 1. The predicted octanol–water partition coefficient (Wildman–Crippen LogP) is 3.36. The molecule has 15 heavy (non-hydrogen) atoms. The van der Waals surface area contributed by atoms with Crippen molar-refractivity contribution in [1.82, 2.24) is 0 Å². The standard InChI is InChI=1S/C11H16O2S2/c1-10-3-5-11(6-4-10)15-14-9-13-8-7-12-2/h3-6H,7-9H2,1-2H3. The topological polar surface area (TPSA) is 18.5 Å². The van der Waals surface area contributed by atoms with Crippen LogP contribution in [0.15, 0.2) is 29.2 Å². The molecule has 0 heterocycles. The summed E-state index contributed by atoms with van der Waals surface area (Å²) in [5.41, 5.74) is 1.29. The van der Waals surface area contributed by atoms with Crippen molar-refractivity contribution in [2.24, 2.45) is 0 Å². The Balaban J connectivity index is 2.07. The van der Waals surface area contributed by atoms with Gasteiger partial charge in [-0.3, -0.25) is 0 Å². The van der Waals surface area contributed by atoms with Crippen LogP contribution in [0.4, 0.5) is 0 Å². The molecule has 2 nitrogen and oxygen atoms in total. The van der Waals surface area contributed by atoms with E-state index in [4.69, 9.17) is 9.47 Å². The number of ether oxygens (including phenoxy) is 2. The van der Waals surface area contributed by atoms with Gasteiger partial charge >= 0.3 is 0 Å². The predicted molar refractivity (Wildman–Crippen MR) is 67.3 cm³/mol. The lowest BCUT2D eigenvalue weighted by Crippen LogP contribution is -2.00. The maximum atomic E-state index is 5.34. The SMILES string of the molecule is COCCOCSSc1ccc(C)cc1. The molecule has 0 amide bonds. The molecular formula is C11H16O2S2. The highest BCUT2D eigenvalue weighted by molar-refractivity contribution is 8.76. The van der Waals surface area contributed by atoms with E-state index in [1.165, 1.54) is 10.5 Å². The zero-order chi connectivity index (χ0) is 10.9. The van der Waals surface area contributed by atoms with Gasteiger partial charge in [-0.1, -0.05) is 39.3 Å². The molecule has 0 radical (unpaired) electrons. The van der Waals surface area contributed by atoms with E-state index in [1.54, 1.807) is 28.7 Å². The molecule has 0 saturated carbocycles. The van der Waals surface area contributed by atoms with Gasteiger partial charge < -0.3 is 9.47 Å². The third kappa shape index (κ3) is 6.10. The van der Waals surface area contributed by atoms with Gasteiger partial charge in [-0.15, -0.1) is 0 Å². The smallest absolute Gasteiger partial charge is 0.103 e. The first-order valence-corrected chi connectivity index (χ1v) is 7.07. The quantitative estimate of drug-likeness (QED) is 0.416. The summed E-state index contributed by atoms with van der Waals surface area (Å²) >= 11 is 0. The molecule has 4 heteroatoms. The van der Waals surface area contributed by atoms with E-state index in [2.05, 4.69) is 31.2 Å². The summed E-state index contributed by atoms with van der Waals surface area (Å²) < 4.78 is 10.2. The molecular weight excluding hydrogens is 228 g/mol. The summed E-state index contributed by atoms with van der Waals surface area (Å²) in [5.74, 6) is 0.696. The van der Waals surface area contributed by atoms with Crippen molar-refractivity contribution in [3.8, 4) is 0 Å². The minimum atomic E-state index is 0.662. The summed E-state index contributed by atoms with van der Waals surface area (Å²) in [6.45, 7) is 3.42. The van der Waals surface area contributed by atoms with Gasteiger partial charge in [0.1, 0.15) is 5.94 Å². The Morgan fingerprint density at radius 2 is 1.87 bits per heavy atom. The molecule has 0 aliphatic heterocycles. The highest BCUT2D eigenvalue weighted by atomic mass is 33.1. The third-order valence-electron chi connectivity index (χ3n) is 1.74. The zero-order valence-corrected chi connectivity index (χ0v) is 10.7. The number of methoxy groups -OCH3 is 1. The van der Waals surface area contributed by atoms with Crippen molar-refractivity contribution >= 4 is 21.6 Å². The summed E-state index contributed by atoms with van der Waals surface area (Å²) in [5, 5.41) is 0. The van der Waals surface area contributed by atoms with Crippen molar-refractivity contribution < 1.29 is 9.47 Å². The summed E-state index contributed by atoms with van der Waals surface area (Å²) in [4.78, 5) is 1.26. The van der Waals surface area contributed by atoms with Crippen molar-refractivity contribution in [3.05, 3.63) is 29.8 Å². The Labute approximate surface area is 99.1 Å². The molecule has 0 spiro atoms. The highest BCUT2D eigenvalue weighted by Crippen LogP contribution is 2.30. The first-order valence-electron chi connectivity index (χ1n) is 4.76. The third-order valence-corrected chi connectivity index (χ3v) is 3.80. The van der Waals surface area contributed by atoms with Gasteiger partial charge in [0.15, 0.2) is 0 Å². The normalized spacial score (nSPS) is 10.5. The Morgan fingerprint density at radius 3 is 2.53 bits per heavy atom. The van der Waals surface area contributed by atoms with Crippen LogP contribution in [0.1, 0.15) is 5.56 Å². The van der Waals surface area contributed by atoms with Crippen molar-refractivity contribution in [2.45, 2.75) is 11.8 Å². The largest absolute Gasteiger partial charge is 0.382 e. The Morgan fingerprint density at radius 1 is 1.13 bits per heavy atom. The zero-order valence-electron chi connectivity index (χ0n) is 9.06.